The van der Waals surface area contributed by atoms with Crippen molar-refractivity contribution in [1.29, 1.82) is 0 Å². The maximum atomic E-state index is 11.8. The zero-order valence-corrected chi connectivity index (χ0v) is 11.5. The van der Waals surface area contributed by atoms with Crippen LogP contribution in [0.4, 0.5) is 4.79 Å². The van der Waals surface area contributed by atoms with E-state index in [4.69, 9.17) is 11.5 Å². The predicted molar refractivity (Wildman–Crippen MR) is 74.0 cm³/mol. The molecule has 0 aliphatic heterocycles. The Morgan fingerprint density at radius 1 is 1.58 bits per heavy atom. The van der Waals surface area contributed by atoms with Crippen molar-refractivity contribution in [2.24, 2.45) is 0 Å². The van der Waals surface area contributed by atoms with Crippen LogP contribution >= 0.6 is 11.3 Å². The van der Waals surface area contributed by atoms with E-state index in [1.807, 2.05) is 18.4 Å². The lowest BCUT2D eigenvalue weighted by Crippen LogP contribution is -2.42. The molecule has 2 amide bonds. The van der Waals surface area contributed by atoms with Crippen molar-refractivity contribution in [3.63, 3.8) is 0 Å². The summed E-state index contributed by atoms with van der Waals surface area (Å²) >= 11 is 1.57. The van der Waals surface area contributed by atoms with Crippen LogP contribution in [0.5, 0.6) is 0 Å². The van der Waals surface area contributed by atoms with E-state index in [1.165, 1.54) is 5.56 Å². The number of nitrogens with zero attached hydrogens (tertiary/aromatic N) is 1. The van der Waals surface area contributed by atoms with Crippen molar-refractivity contribution in [2.45, 2.75) is 19.9 Å². The van der Waals surface area contributed by atoms with Crippen LogP contribution in [0.3, 0.4) is 0 Å². The predicted octanol–water partition coefficient (Wildman–Crippen LogP) is 1.54. The third kappa shape index (κ3) is 4.64. The summed E-state index contributed by atoms with van der Waals surface area (Å²) in [6.45, 7) is 2.01. The summed E-state index contributed by atoms with van der Waals surface area (Å²) in [5, 5.41) is 13.4. The molecule has 0 spiro atoms. The number of aryl methyl sites for hydroxylation is 1. The highest BCUT2D eigenvalue weighted by Crippen LogP contribution is 2.16. The van der Waals surface area contributed by atoms with E-state index in [9.17, 15) is 9.59 Å². The number of carbonyl (C=O) groups is 2. The molecule has 0 bridgehead atoms. The second kappa shape index (κ2) is 7.44. The van der Waals surface area contributed by atoms with Gasteiger partial charge >= 0.3 is 12.0 Å². The normalized spacial score (nSPS) is 9.68. The van der Waals surface area contributed by atoms with Gasteiger partial charge in [-0.2, -0.15) is 0 Å². The number of nitrogens with one attached hydrogen (secondary N) is 1. The summed E-state index contributed by atoms with van der Waals surface area (Å²) in [6, 6.07) is 1.55. The molecule has 6 heteroatoms. The van der Waals surface area contributed by atoms with Crippen LogP contribution < -0.4 is 5.32 Å². The summed E-state index contributed by atoms with van der Waals surface area (Å²) in [4.78, 5) is 24.6. The Morgan fingerprint density at radius 3 is 2.89 bits per heavy atom. The molecular weight excluding hydrogens is 264 g/mol. The van der Waals surface area contributed by atoms with Crippen molar-refractivity contribution in [3.8, 4) is 12.3 Å². The summed E-state index contributed by atoms with van der Waals surface area (Å²) < 4.78 is 0. The largest absolute Gasteiger partial charge is 0.480 e. The Bertz CT molecular complexity index is 490. The van der Waals surface area contributed by atoms with Gasteiger partial charge in [-0.15, -0.1) is 17.8 Å². The molecule has 1 heterocycles. The van der Waals surface area contributed by atoms with Gasteiger partial charge in [-0.3, -0.25) is 4.79 Å². The van der Waals surface area contributed by atoms with Crippen molar-refractivity contribution in [3.05, 3.63) is 21.9 Å². The molecule has 0 saturated heterocycles. The Balaban J connectivity index is 2.57. The van der Waals surface area contributed by atoms with Gasteiger partial charge in [-0.25, -0.2) is 4.79 Å². The van der Waals surface area contributed by atoms with E-state index in [0.29, 0.717) is 6.54 Å². The average Bonchev–Trinajstić information content (AvgIpc) is 2.82. The van der Waals surface area contributed by atoms with E-state index in [0.717, 1.165) is 16.2 Å². The molecule has 0 fully saturated rings. The summed E-state index contributed by atoms with van der Waals surface area (Å²) in [6.07, 6.45) is 6.02. The maximum absolute atomic E-state index is 11.8. The number of aliphatic carboxylic acids is 1. The van der Waals surface area contributed by atoms with Crippen LogP contribution in [0.15, 0.2) is 11.4 Å². The van der Waals surface area contributed by atoms with Gasteiger partial charge in [-0.1, -0.05) is 12.8 Å². The molecule has 19 heavy (non-hydrogen) atoms. The minimum absolute atomic E-state index is 0.0246. The fraction of sp³-hybridized carbons (Fsp3) is 0.385. The number of thiophene rings is 1. The molecule has 0 radical (unpaired) electrons. The Morgan fingerprint density at radius 2 is 2.32 bits per heavy atom. The minimum Gasteiger partial charge on any atom is -0.480 e. The van der Waals surface area contributed by atoms with Crippen LogP contribution in [-0.2, 0) is 17.8 Å². The quantitative estimate of drug-likeness (QED) is 0.777. The lowest BCUT2D eigenvalue weighted by atomic mass is 10.2. The first-order valence-electron chi connectivity index (χ1n) is 5.81. The van der Waals surface area contributed by atoms with E-state index >= 15 is 0 Å². The first-order chi connectivity index (χ1) is 9.08. The highest BCUT2D eigenvalue weighted by molar-refractivity contribution is 7.10. The summed E-state index contributed by atoms with van der Waals surface area (Å²) in [5.74, 6) is 1.19. The molecule has 2 N–H and O–H groups in total. The van der Waals surface area contributed by atoms with E-state index in [1.54, 1.807) is 11.3 Å². The number of hydrogen-bond acceptors (Lipinski definition) is 3. The SMILES string of the molecule is C#CCN(CC(=O)O)C(=O)NCc1sccc1CC. The minimum atomic E-state index is -1.09. The third-order valence-corrected chi connectivity index (χ3v) is 3.48. The fourth-order valence-electron chi connectivity index (χ4n) is 1.58. The smallest absolute Gasteiger partial charge is 0.323 e. The number of hydrogen-bond donors (Lipinski definition) is 2. The van der Waals surface area contributed by atoms with E-state index < -0.39 is 18.5 Å². The molecule has 0 aliphatic rings. The Labute approximate surface area is 116 Å². The molecule has 102 valence electrons. The molecular formula is C13H16N2O3S. The first-order valence-corrected chi connectivity index (χ1v) is 6.69. The standard InChI is InChI=1S/C13H16N2O3S/c1-3-6-15(9-12(16)17)13(18)14-8-11-10(4-2)5-7-19-11/h1,5,7H,4,6,8-9H2,2H3,(H,14,18)(H,16,17). The Kier molecular flexibility index (Phi) is 5.90. The molecule has 1 rings (SSSR count). The van der Waals surface area contributed by atoms with Crippen LogP contribution in [-0.4, -0.2) is 35.1 Å². The van der Waals surface area contributed by atoms with E-state index in [2.05, 4.69) is 11.2 Å². The lowest BCUT2D eigenvalue weighted by Gasteiger charge is -2.18. The summed E-state index contributed by atoms with van der Waals surface area (Å²) in [7, 11) is 0. The first kappa shape index (κ1) is 15.1. The van der Waals surface area contributed by atoms with Crippen molar-refractivity contribution < 1.29 is 14.7 Å². The Hall–Kier alpha value is -2.00. The van der Waals surface area contributed by atoms with E-state index in [-0.39, 0.29) is 6.54 Å². The molecule has 0 aromatic carbocycles. The monoisotopic (exact) mass is 280 g/mol. The molecule has 0 aliphatic carbocycles. The zero-order valence-electron chi connectivity index (χ0n) is 10.7. The average molecular weight is 280 g/mol. The van der Waals surface area contributed by atoms with Gasteiger partial charge in [0.15, 0.2) is 0 Å². The van der Waals surface area contributed by atoms with Gasteiger partial charge in [0.05, 0.1) is 13.1 Å². The zero-order chi connectivity index (χ0) is 14.3. The number of carboxylic acid groups (broad SMARTS) is 1. The van der Waals surface area contributed by atoms with Crippen LogP contribution in [0.2, 0.25) is 0 Å². The molecule has 5 nitrogen and oxygen atoms in total. The van der Waals surface area contributed by atoms with Crippen LogP contribution in [0, 0.1) is 12.3 Å². The molecule has 0 unspecified atom stereocenters. The molecule has 1 aromatic rings. The molecule has 0 atom stereocenters. The highest BCUT2D eigenvalue weighted by Gasteiger charge is 2.15. The van der Waals surface area contributed by atoms with Gasteiger partial charge in [0, 0.05) is 4.88 Å². The highest BCUT2D eigenvalue weighted by atomic mass is 32.1. The van der Waals surface area contributed by atoms with Crippen LogP contribution in [0.1, 0.15) is 17.4 Å². The third-order valence-electron chi connectivity index (χ3n) is 2.51. The second-order valence-electron chi connectivity index (χ2n) is 3.84. The van der Waals surface area contributed by atoms with Crippen LogP contribution in [0.25, 0.3) is 0 Å². The number of carboxylic acids is 1. The van der Waals surface area contributed by atoms with Gasteiger partial charge in [-0.05, 0) is 23.4 Å². The fourth-order valence-corrected chi connectivity index (χ4v) is 2.49. The van der Waals surface area contributed by atoms with Crippen molar-refractivity contribution in [2.75, 3.05) is 13.1 Å². The molecule has 0 saturated carbocycles. The number of urea groups is 1. The van der Waals surface area contributed by atoms with Crippen molar-refractivity contribution >= 4 is 23.3 Å². The maximum Gasteiger partial charge on any atom is 0.323 e. The second-order valence-corrected chi connectivity index (χ2v) is 4.84. The van der Waals surface area contributed by atoms with Gasteiger partial charge in [0.25, 0.3) is 0 Å². The number of rotatable bonds is 6. The summed E-state index contributed by atoms with van der Waals surface area (Å²) in [5.41, 5.74) is 1.19. The lowest BCUT2D eigenvalue weighted by molar-refractivity contribution is -0.137. The number of terminal acetylenes is 1. The van der Waals surface area contributed by atoms with Gasteiger partial charge in [0.2, 0.25) is 0 Å². The molecule has 1 aromatic heterocycles. The number of carbonyl (C=O) groups excluding carboxylic acids is 1. The number of amides is 2. The van der Waals surface area contributed by atoms with Gasteiger partial charge < -0.3 is 15.3 Å². The van der Waals surface area contributed by atoms with Gasteiger partial charge in [0.1, 0.15) is 6.54 Å². The topological polar surface area (TPSA) is 69.6 Å². The van der Waals surface area contributed by atoms with Crippen molar-refractivity contribution in [1.82, 2.24) is 10.2 Å².